The maximum atomic E-state index is 11.7. The molecule has 0 radical (unpaired) electrons. The lowest BCUT2D eigenvalue weighted by Gasteiger charge is -2.24. The Morgan fingerprint density at radius 1 is 1.47 bits per heavy atom. The molecule has 1 aromatic heterocycles. The van der Waals surface area contributed by atoms with Gasteiger partial charge in [-0.25, -0.2) is 0 Å². The summed E-state index contributed by atoms with van der Waals surface area (Å²) in [5, 5.41) is 10.8. The predicted molar refractivity (Wildman–Crippen MR) is 63.3 cm³/mol. The van der Waals surface area contributed by atoms with Crippen LogP contribution in [0.25, 0.3) is 11.0 Å². The van der Waals surface area contributed by atoms with E-state index in [-0.39, 0.29) is 11.9 Å². The Hall–Kier alpha value is -1.91. The van der Waals surface area contributed by atoms with Crippen molar-refractivity contribution in [2.45, 2.75) is 25.8 Å². The van der Waals surface area contributed by atoms with Gasteiger partial charge in [0.15, 0.2) is 0 Å². The van der Waals surface area contributed by atoms with E-state index in [0.29, 0.717) is 6.42 Å². The molecule has 5 heteroatoms. The van der Waals surface area contributed by atoms with Gasteiger partial charge >= 0.3 is 0 Å². The smallest absolute Gasteiger partial charge is 0.223 e. The van der Waals surface area contributed by atoms with Crippen LogP contribution in [0.4, 0.5) is 0 Å². The van der Waals surface area contributed by atoms with Gasteiger partial charge in [0.05, 0.1) is 11.6 Å². The summed E-state index contributed by atoms with van der Waals surface area (Å²) in [6.45, 7) is 2.89. The summed E-state index contributed by atoms with van der Waals surface area (Å²) >= 11 is 0. The van der Waals surface area contributed by atoms with Gasteiger partial charge in [-0.3, -0.25) is 9.89 Å². The van der Waals surface area contributed by atoms with Crippen LogP contribution < -0.4 is 0 Å². The fourth-order valence-corrected chi connectivity index (χ4v) is 2.48. The molecule has 1 aliphatic rings. The Labute approximate surface area is 98.8 Å². The number of benzene rings is 1. The lowest BCUT2D eigenvalue weighted by molar-refractivity contribution is -0.129. The number of amides is 1. The second-order valence-electron chi connectivity index (χ2n) is 4.42. The summed E-state index contributed by atoms with van der Waals surface area (Å²) in [4.78, 5) is 13.7. The van der Waals surface area contributed by atoms with Gasteiger partial charge < -0.3 is 4.90 Å². The van der Waals surface area contributed by atoms with E-state index in [0.717, 1.165) is 29.6 Å². The van der Waals surface area contributed by atoms with Crippen LogP contribution in [0.15, 0.2) is 18.2 Å². The van der Waals surface area contributed by atoms with Crippen molar-refractivity contribution >= 4 is 16.9 Å². The van der Waals surface area contributed by atoms with Crippen molar-refractivity contribution in [3.63, 3.8) is 0 Å². The molecule has 2 heterocycles. The maximum absolute atomic E-state index is 11.7. The first-order valence-electron chi connectivity index (χ1n) is 5.86. The molecule has 0 spiro atoms. The molecule has 1 fully saturated rings. The number of nitrogens with zero attached hydrogens (tertiary/aromatic N) is 3. The highest BCUT2D eigenvalue weighted by Gasteiger charge is 2.27. The zero-order valence-corrected chi connectivity index (χ0v) is 9.68. The molecule has 17 heavy (non-hydrogen) atoms. The third-order valence-corrected chi connectivity index (χ3v) is 3.42. The molecule has 0 bridgehead atoms. The molecule has 1 aromatic carbocycles. The van der Waals surface area contributed by atoms with Crippen molar-refractivity contribution in [1.82, 2.24) is 20.3 Å². The third kappa shape index (κ3) is 1.58. The lowest BCUT2D eigenvalue weighted by Crippen LogP contribution is -2.28. The zero-order chi connectivity index (χ0) is 11.8. The SMILES string of the molecule is CC(c1cccc2[nH]nnc12)N1CCCC1=O. The van der Waals surface area contributed by atoms with Crippen LogP contribution in [-0.4, -0.2) is 32.8 Å². The Morgan fingerprint density at radius 3 is 3.12 bits per heavy atom. The molecule has 1 atom stereocenters. The van der Waals surface area contributed by atoms with Crippen molar-refractivity contribution in [1.29, 1.82) is 0 Å². The largest absolute Gasteiger partial charge is 0.336 e. The Morgan fingerprint density at radius 2 is 2.35 bits per heavy atom. The first-order valence-corrected chi connectivity index (χ1v) is 5.86. The monoisotopic (exact) mass is 230 g/mol. The Kier molecular flexibility index (Phi) is 2.31. The number of carbonyl (C=O) groups excluding carboxylic acids is 1. The highest BCUT2D eigenvalue weighted by atomic mass is 16.2. The van der Waals surface area contributed by atoms with E-state index >= 15 is 0 Å². The van der Waals surface area contributed by atoms with Gasteiger partial charge in [0.25, 0.3) is 0 Å². The van der Waals surface area contributed by atoms with Gasteiger partial charge in [-0.2, -0.15) is 0 Å². The van der Waals surface area contributed by atoms with Crippen LogP contribution >= 0.6 is 0 Å². The average molecular weight is 230 g/mol. The number of rotatable bonds is 2. The summed E-state index contributed by atoms with van der Waals surface area (Å²) in [5.74, 6) is 0.234. The van der Waals surface area contributed by atoms with E-state index in [1.807, 2.05) is 30.0 Å². The molecule has 0 aliphatic carbocycles. The standard InChI is InChI=1S/C12H14N4O/c1-8(16-7-3-6-11(16)17)9-4-2-5-10-12(9)14-15-13-10/h2,4-5,8H,3,6-7H2,1H3,(H,13,14,15). The third-order valence-electron chi connectivity index (χ3n) is 3.42. The van der Waals surface area contributed by atoms with Crippen molar-refractivity contribution in [3.05, 3.63) is 23.8 Å². The number of fused-ring (bicyclic) bond motifs is 1. The highest BCUT2D eigenvalue weighted by Crippen LogP contribution is 2.28. The van der Waals surface area contributed by atoms with Crippen LogP contribution in [0.3, 0.4) is 0 Å². The number of aromatic amines is 1. The molecule has 1 aliphatic heterocycles. The molecule has 88 valence electrons. The Balaban J connectivity index is 2.03. The zero-order valence-electron chi connectivity index (χ0n) is 9.68. The van der Waals surface area contributed by atoms with Gasteiger partial charge in [-0.15, -0.1) is 5.10 Å². The first-order chi connectivity index (χ1) is 8.27. The Bertz CT molecular complexity index is 562. The van der Waals surface area contributed by atoms with Crippen LogP contribution in [0.2, 0.25) is 0 Å². The number of hydrogen-bond donors (Lipinski definition) is 1. The van der Waals surface area contributed by atoms with E-state index in [1.165, 1.54) is 0 Å². The number of hydrogen-bond acceptors (Lipinski definition) is 3. The highest BCUT2D eigenvalue weighted by molar-refractivity contribution is 5.81. The fourth-order valence-electron chi connectivity index (χ4n) is 2.48. The van der Waals surface area contributed by atoms with Crippen molar-refractivity contribution in [2.24, 2.45) is 0 Å². The predicted octanol–water partition coefficient (Wildman–Crippen LogP) is 1.64. The van der Waals surface area contributed by atoms with Gasteiger partial charge in [0.2, 0.25) is 5.91 Å². The fraction of sp³-hybridized carbons (Fsp3) is 0.417. The van der Waals surface area contributed by atoms with Crippen molar-refractivity contribution < 1.29 is 4.79 Å². The first kappa shape index (κ1) is 10.3. The number of likely N-dealkylation sites (tertiary alicyclic amines) is 1. The number of H-pyrrole nitrogens is 1. The topological polar surface area (TPSA) is 61.9 Å². The molecular formula is C12H14N4O. The van der Waals surface area contributed by atoms with Gasteiger partial charge in [-0.05, 0) is 19.4 Å². The minimum Gasteiger partial charge on any atom is -0.336 e. The molecule has 0 saturated carbocycles. The van der Waals surface area contributed by atoms with E-state index in [9.17, 15) is 4.79 Å². The molecule has 2 aromatic rings. The number of carbonyl (C=O) groups is 1. The molecule has 3 rings (SSSR count). The number of aromatic nitrogens is 3. The van der Waals surface area contributed by atoms with Crippen LogP contribution in [0.1, 0.15) is 31.4 Å². The molecule has 1 unspecified atom stereocenters. The van der Waals surface area contributed by atoms with Crippen molar-refractivity contribution in [3.8, 4) is 0 Å². The average Bonchev–Trinajstić information content (AvgIpc) is 2.95. The van der Waals surface area contributed by atoms with E-state index < -0.39 is 0 Å². The van der Waals surface area contributed by atoms with E-state index in [1.54, 1.807) is 0 Å². The minimum absolute atomic E-state index is 0.0683. The molecule has 1 saturated heterocycles. The van der Waals surface area contributed by atoms with Gasteiger partial charge in [0, 0.05) is 18.5 Å². The minimum atomic E-state index is 0.0683. The second kappa shape index (κ2) is 3.84. The lowest BCUT2D eigenvalue weighted by atomic mass is 10.1. The van der Waals surface area contributed by atoms with Crippen LogP contribution in [0, 0.1) is 0 Å². The second-order valence-corrected chi connectivity index (χ2v) is 4.42. The van der Waals surface area contributed by atoms with Crippen molar-refractivity contribution in [2.75, 3.05) is 6.54 Å². The quantitative estimate of drug-likeness (QED) is 0.853. The maximum Gasteiger partial charge on any atom is 0.223 e. The van der Waals surface area contributed by atoms with E-state index in [2.05, 4.69) is 15.4 Å². The molecule has 1 amide bonds. The van der Waals surface area contributed by atoms with Gasteiger partial charge in [0.1, 0.15) is 5.52 Å². The molecule has 1 N–H and O–H groups in total. The van der Waals surface area contributed by atoms with Crippen LogP contribution in [-0.2, 0) is 4.79 Å². The summed E-state index contributed by atoms with van der Waals surface area (Å²) in [5.41, 5.74) is 2.84. The summed E-state index contributed by atoms with van der Waals surface area (Å²) in [6, 6.07) is 5.99. The summed E-state index contributed by atoms with van der Waals surface area (Å²) in [6.07, 6.45) is 1.62. The number of nitrogens with one attached hydrogen (secondary N) is 1. The summed E-state index contributed by atoms with van der Waals surface area (Å²) in [7, 11) is 0. The summed E-state index contributed by atoms with van der Waals surface area (Å²) < 4.78 is 0. The van der Waals surface area contributed by atoms with Gasteiger partial charge in [-0.1, -0.05) is 17.3 Å². The normalized spacial score (nSPS) is 17.9. The molecule has 5 nitrogen and oxygen atoms in total. The van der Waals surface area contributed by atoms with E-state index in [4.69, 9.17) is 0 Å². The molecular weight excluding hydrogens is 216 g/mol. The van der Waals surface area contributed by atoms with Crippen LogP contribution in [0.5, 0.6) is 0 Å².